The summed E-state index contributed by atoms with van der Waals surface area (Å²) in [6, 6.07) is 6.00. The van der Waals surface area contributed by atoms with E-state index in [1.807, 2.05) is 18.2 Å². The molecule has 4 heteroatoms. The molecule has 1 nitrogen and oxygen atoms in total. The van der Waals surface area contributed by atoms with E-state index in [1.165, 1.54) is 0 Å². The maximum absolute atomic E-state index is 6.02. The Balaban J connectivity index is 2.11. The molecule has 0 amide bonds. The summed E-state index contributed by atoms with van der Waals surface area (Å²) >= 11 is 10.6. The molecule has 1 aromatic carbocycles. The molecular weight excluding hydrogens is 400 g/mol. The zero-order valence-electron chi connectivity index (χ0n) is 9.14. The van der Waals surface area contributed by atoms with Gasteiger partial charge in [-0.1, -0.05) is 45.7 Å². The highest BCUT2D eigenvalue weighted by atomic mass is 79.9. The molecular formula is C12H13Br3O. The van der Waals surface area contributed by atoms with E-state index in [1.54, 1.807) is 0 Å². The highest BCUT2D eigenvalue weighted by Gasteiger charge is 2.48. The van der Waals surface area contributed by atoms with Crippen LogP contribution >= 0.6 is 47.8 Å². The van der Waals surface area contributed by atoms with Crippen molar-refractivity contribution in [3.05, 3.63) is 27.1 Å². The third-order valence-electron chi connectivity index (χ3n) is 3.22. The molecule has 1 aliphatic rings. The van der Waals surface area contributed by atoms with Crippen molar-refractivity contribution >= 4 is 47.8 Å². The molecule has 0 N–H and O–H groups in total. The third kappa shape index (κ3) is 2.34. The summed E-state index contributed by atoms with van der Waals surface area (Å²) in [5.41, 5.74) is 0.201. The molecule has 0 bridgehead atoms. The Bertz CT molecular complexity index is 403. The summed E-state index contributed by atoms with van der Waals surface area (Å²) in [5, 5.41) is 0. The van der Waals surface area contributed by atoms with E-state index in [0.29, 0.717) is 4.83 Å². The Kier molecular flexibility index (Phi) is 3.72. The van der Waals surface area contributed by atoms with Gasteiger partial charge in [-0.2, -0.15) is 0 Å². The fourth-order valence-corrected chi connectivity index (χ4v) is 3.54. The second kappa shape index (κ2) is 4.62. The summed E-state index contributed by atoms with van der Waals surface area (Å²) in [6.45, 7) is 4.46. The van der Waals surface area contributed by atoms with E-state index >= 15 is 0 Å². The Morgan fingerprint density at radius 2 is 2.00 bits per heavy atom. The lowest BCUT2D eigenvalue weighted by Crippen LogP contribution is -2.53. The predicted molar refractivity (Wildman–Crippen MR) is 77.4 cm³/mol. The van der Waals surface area contributed by atoms with Gasteiger partial charge in [0.2, 0.25) is 0 Å². The van der Waals surface area contributed by atoms with Crippen molar-refractivity contribution in [3.8, 4) is 5.75 Å². The second-order valence-electron chi connectivity index (χ2n) is 4.71. The van der Waals surface area contributed by atoms with E-state index in [2.05, 4.69) is 61.6 Å². The molecule has 0 aromatic heterocycles. The summed E-state index contributed by atoms with van der Waals surface area (Å²) in [7, 11) is 0. The van der Waals surface area contributed by atoms with Gasteiger partial charge in [-0.05, 0) is 40.5 Å². The normalized spacial score (nSPS) is 27.3. The number of alkyl halides is 1. The maximum Gasteiger partial charge on any atom is 0.134 e. The van der Waals surface area contributed by atoms with Crippen LogP contribution in [0.25, 0.3) is 0 Å². The van der Waals surface area contributed by atoms with Crippen molar-refractivity contribution in [1.82, 2.24) is 0 Å². The number of ether oxygens (including phenoxy) is 1. The predicted octanol–water partition coefficient (Wildman–Crippen LogP) is 5.15. The molecule has 88 valence electrons. The van der Waals surface area contributed by atoms with Gasteiger partial charge in [-0.3, -0.25) is 0 Å². The lowest BCUT2D eigenvalue weighted by molar-refractivity contribution is -0.00829. The molecule has 0 heterocycles. The molecule has 2 unspecified atom stereocenters. The molecule has 0 spiro atoms. The van der Waals surface area contributed by atoms with Gasteiger partial charge in [0.15, 0.2) is 0 Å². The van der Waals surface area contributed by atoms with Gasteiger partial charge in [-0.15, -0.1) is 0 Å². The minimum Gasteiger partial charge on any atom is -0.489 e. The Hall–Kier alpha value is 0.460. The monoisotopic (exact) mass is 410 g/mol. The third-order valence-corrected chi connectivity index (χ3v) is 5.89. The van der Waals surface area contributed by atoms with Crippen LogP contribution in [0.2, 0.25) is 0 Å². The quantitative estimate of drug-likeness (QED) is 0.610. The van der Waals surface area contributed by atoms with Gasteiger partial charge in [0.25, 0.3) is 0 Å². The highest BCUT2D eigenvalue weighted by Crippen LogP contribution is 2.48. The van der Waals surface area contributed by atoms with Crippen LogP contribution in [0.5, 0.6) is 5.75 Å². The molecule has 0 saturated heterocycles. The summed E-state index contributed by atoms with van der Waals surface area (Å²) in [6.07, 6.45) is 1.35. The topological polar surface area (TPSA) is 9.23 Å². The van der Waals surface area contributed by atoms with E-state index in [4.69, 9.17) is 4.74 Å². The Labute approximate surface area is 121 Å². The molecule has 16 heavy (non-hydrogen) atoms. The average Bonchev–Trinajstić information content (AvgIpc) is 2.21. The van der Waals surface area contributed by atoms with Gasteiger partial charge >= 0.3 is 0 Å². The smallest absolute Gasteiger partial charge is 0.134 e. The number of hydrogen-bond acceptors (Lipinski definition) is 1. The van der Waals surface area contributed by atoms with Gasteiger partial charge in [0.05, 0.1) is 4.47 Å². The van der Waals surface area contributed by atoms with Crippen molar-refractivity contribution in [2.24, 2.45) is 5.41 Å². The zero-order valence-corrected chi connectivity index (χ0v) is 13.9. The van der Waals surface area contributed by atoms with Crippen molar-refractivity contribution in [2.45, 2.75) is 31.2 Å². The molecule has 2 rings (SSSR count). The number of benzene rings is 1. The molecule has 1 fully saturated rings. The molecule has 1 aliphatic carbocycles. The highest BCUT2D eigenvalue weighted by molar-refractivity contribution is 9.11. The lowest BCUT2D eigenvalue weighted by atomic mass is 9.69. The molecule has 0 aliphatic heterocycles. The second-order valence-corrected chi connectivity index (χ2v) is 7.58. The number of rotatable bonds is 2. The first-order valence-electron chi connectivity index (χ1n) is 5.17. The van der Waals surface area contributed by atoms with Crippen LogP contribution in [0.3, 0.4) is 0 Å². The van der Waals surface area contributed by atoms with Gasteiger partial charge in [0, 0.05) is 14.7 Å². The standard InChI is InChI=1S/C12H13Br3O/c1-12(2)10(15)6-11(12)16-9-4-3-7(13)5-8(9)14/h3-5,10-11H,6H2,1-2H3. The van der Waals surface area contributed by atoms with Crippen molar-refractivity contribution < 1.29 is 4.74 Å². The zero-order chi connectivity index (χ0) is 11.9. The number of hydrogen-bond donors (Lipinski definition) is 0. The minimum absolute atomic E-state index is 0.201. The minimum atomic E-state index is 0.201. The van der Waals surface area contributed by atoms with Crippen LogP contribution < -0.4 is 4.74 Å². The molecule has 0 radical (unpaired) electrons. The summed E-state index contributed by atoms with van der Waals surface area (Å²) in [4.78, 5) is 0.555. The van der Waals surface area contributed by atoms with Gasteiger partial charge in [-0.25, -0.2) is 0 Å². The summed E-state index contributed by atoms with van der Waals surface area (Å²) < 4.78 is 8.07. The van der Waals surface area contributed by atoms with Crippen LogP contribution in [-0.4, -0.2) is 10.9 Å². The van der Waals surface area contributed by atoms with E-state index in [9.17, 15) is 0 Å². The Morgan fingerprint density at radius 1 is 1.31 bits per heavy atom. The first kappa shape index (κ1) is 12.9. The SMILES string of the molecule is CC1(C)C(Br)CC1Oc1ccc(Br)cc1Br. The summed E-state index contributed by atoms with van der Waals surface area (Å²) in [5.74, 6) is 0.917. The average molecular weight is 413 g/mol. The fourth-order valence-electron chi connectivity index (χ4n) is 1.76. The van der Waals surface area contributed by atoms with E-state index in [0.717, 1.165) is 21.1 Å². The molecule has 2 atom stereocenters. The lowest BCUT2D eigenvalue weighted by Gasteiger charge is -2.48. The fraction of sp³-hybridized carbons (Fsp3) is 0.500. The largest absolute Gasteiger partial charge is 0.489 e. The van der Waals surface area contributed by atoms with Crippen LogP contribution in [0, 0.1) is 5.41 Å². The molecule has 1 aromatic rings. The van der Waals surface area contributed by atoms with Gasteiger partial charge in [0.1, 0.15) is 11.9 Å². The molecule has 1 saturated carbocycles. The van der Waals surface area contributed by atoms with Crippen molar-refractivity contribution in [3.63, 3.8) is 0 Å². The van der Waals surface area contributed by atoms with Gasteiger partial charge < -0.3 is 4.74 Å². The number of halogens is 3. The first-order chi connectivity index (χ1) is 7.41. The van der Waals surface area contributed by atoms with Crippen LogP contribution in [0.1, 0.15) is 20.3 Å². The first-order valence-corrected chi connectivity index (χ1v) is 7.67. The van der Waals surface area contributed by atoms with E-state index in [-0.39, 0.29) is 11.5 Å². The van der Waals surface area contributed by atoms with E-state index < -0.39 is 0 Å². The van der Waals surface area contributed by atoms with Crippen molar-refractivity contribution in [2.75, 3.05) is 0 Å². The Morgan fingerprint density at radius 3 is 2.50 bits per heavy atom. The van der Waals surface area contributed by atoms with Crippen LogP contribution in [0.4, 0.5) is 0 Å². The maximum atomic E-state index is 6.02. The van der Waals surface area contributed by atoms with Crippen molar-refractivity contribution in [1.29, 1.82) is 0 Å². The van der Waals surface area contributed by atoms with Crippen LogP contribution in [-0.2, 0) is 0 Å². The van der Waals surface area contributed by atoms with Crippen LogP contribution in [0.15, 0.2) is 27.1 Å².